The fraction of sp³-hybridized carbons (Fsp3) is 0.364. The van der Waals surface area contributed by atoms with Gasteiger partial charge >= 0.3 is 0 Å². The number of hydrazone groups is 1. The van der Waals surface area contributed by atoms with Crippen LogP contribution >= 0.6 is 11.6 Å². The predicted octanol–water partition coefficient (Wildman–Crippen LogP) is 5.37. The highest BCUT2D eigenvalue weighted by Gasteiger charge is 2.13. The lowest BCUT2D eigenvalue weighted by Crippen LogP contribution is -2.17. The van der Waals surface area contributed by atoms with Crippen molar-refractivity contribution in [2.24, 2.45) is 5.10 Å². The second-order valence-electron chi connectivity index (χ2n) is 6.68. The van der Waals surface area contributed by atoms with Gasteiger partial charge in [-0.05, 0) is 37.1 Å². The minimum absolute atomic E-state index is 0.131. The van der Waals surface area contributed by atoms with Gasteiger partial charge < -0.3 is 9.47 Å². The van der Waals surface area contributed by atoms with Crippen LogP contribution in [0.5, 0.6) is 11.5 Å². The summed E-state index contributed by atoms with van der Waals surface area (Å²) in [7, 11) is 0. The van der Waals surface area contributed by atoms with Crippen LogP contribution in [-0.2, 0) is 0 Å². The lowest BCUT2D eigenvalue weighted by molar-refractivity contribution is -0.384. The largest absolute Gasteiger partial charge is 0.490 e. The molecule has 2 aromatic rings. The van der Waals surface area contributed by atoms with E-state index >= 15 is 0 Å². The van der Waals surface area contributed by atoms with Crippen LogP contribution in [0.4, 0.5) is 5.69 Å². The highest BCUT2D eigenvalue weighted by molar-refractivity contribution is 6.32. The molecule has 2 rings (SSSR count). The van der Waals surface area contributed by atoms with E-state index in [0.717, 1.165) is 25.7 Å². The summed E-state index contributed by atoms with van der Waals surface area (Å²) < 4.78 is 11.5. The number of hydrogen-bond acceptors (Lipinski definition) is 6. The molecule has 0 heterocycles. The van der Waals surface area contributed by atoms with Crippen molar-refractivity contribution in [2.45, 2.75) is 39.5 Å². The number of hydrogen-bond donors (Lipinski definition) is 1. The number of rotatable bonds is 12. The van der Waals surface area contributed by atoms with Crippen LogP contribution < -0.4 is 14.9 Å². The molecule has 8 nitrogen and oxygen atoms in total. The Morgan fingerprint density at radius 1 is 1.19 bits per heavy atom. The smallest absolute Gasteiger partial charge is 0.271 e. The Kier molecular flexibility index (Phi) is 9.77. The Balaban J connectivity index is 2.06. The Bertz CT molecular complexity index is 933. The first-order valence-corrected chi connectivity index (χ1v) is 10.5. The third-order valence-corrected chi connectivity index (χ3v) is 4.56. The number of benzene rings is 2. The third-order valence-electron chi connectivity index (χ3n) is 4.27. The molecule has 2 aromatic carbocycles. The SMILES string of the molecule is CCCCCCOc1c(Cl)cc(/C=N/NC(=O)c2cccc([N+](=O)[O-])c2)cc1OCC. The van der Waals surface area contributed by atoms with Crippen molar-refractivity contribution in [3.05, 3.63) is 62.7 Å². The van der Waals surface area contributed by atoms with E-state index in [0.29, 0.717) is 35.3 Å². The van der Waals surface area contributed by atoms with Gasteiger partial charge in [0, 0.05) is 17.7 Å². The molecule has 0 saturated carbocycles. The first-order valence-electron chi connectivity index (χ1n) is 10.1. The number of non-ortho nitro benzene ring substituents is 1. The molecule has 0 saturated heterocycles. The minimum atomic E-state index is -0.567. The summed E-state index contributed by atoms with van der Waals surface area (Å²) in [6, 6.07) is 8.78. The number of amides is 1. The van der Waals surface area contributed by atoms with Crippen LogP contribution in [-0.4, -0.2) is 30.3 Å². The first kappa shape index (κ1) is 24.1. The van der Waals surface area contributed by atoms with E-state index in [1.807, 2.05) is 6.92 Å². The molecule has 0 aliphatic heterocycles. The molecule has 0 aromatic heterocycles. The quantitative estimate of drug-likeness (QED) is 0.204. The standard InChI is InChI=1S/C22H26ClN3O5/c1-3-5-6-7-11-31-21-19(23)12-16(13-20(21)30-4-2)15-24-25-22(27)17-9-8-10-18(14-17)26(28)29/h8-10,12-15H,3-7,11H2,1-2H3,(H,25,27)/b24-15+. The number of carbonyl (C=O) groups is 1. The molecule has 1 amide bonds. The lowest BCUT2D eigenvalue weighted by Gasteiger charge is -2.14. The molecule has 0 fully saturated rings. The summed E-state index contributed by atoms with van der Waals surface area (Å²) in [5.41, 5.74) is 2.91. The Morgan fingerprint density at radius 2 is 2.00 bits per heavy atom. The molecule has 0 spiro atoms. The Hall–Kier alpha value is -3.13. The van der Waals surface area contributed by atoms with Crippen LogP contribution in [0.25, 0.3) is 0 Å². The van der Waals surface area contributed by atoms with Gasteiger partial charge in [-0.2, -0.15) is 5.10 Å². The van der Waals surface area contributed by atoms with E-state index < -0.39 is 10.8 Å². The van der Waals surface area contributed by atoms with Gasteiger partial charge in [0.1, 0.15) is 0 Å². The predicted molar refractivity (Wildman–Crippen MR) is 120 cm³/mol. The molecule has 9 heteroatoms. The fourth-order valence-electron chi connectivity index (χ4n) is 2.76. The topological polar surface area (TPSA) is 103 Å². The van der Waals surface area contributed by atoms with Crippen molar-refractivity contribution in [1.29, 1.82) is 0 Å². The maximum absolute atomic E-state index is 12.2. The minimum Gasteiger partial charge on any atom is -0.490 e. The van der Waals surface area contributed by atoms with Crippen LogP contribution in [0.1, 0.15) is 55.5 Å². The van der Waals surface area contributed by atoms with Gasteiger partial charge in [-0.25, -0.2) is 5.43 Å². The summed E-state index contributed by atoms with van der Waals surface area (Å²) >= 11 is 6.38. The van der Waals surface area contributed by atoms with Gasteiger partial charge in [-0.1, -0.05) is 43.9 Å². The Morgan fingerprint density at radius 3 is 2.71 bits per heavy atom. The number of nitro groups is 1. The number of nitrogens with zero attached hydrogens (tertiary/aromatic N) is 2. The molecule has 0 radical (unpaired) electrons. The molecular formula is C22H26ClN3O5. The number of unbranched alkanes of at least 4 members (excludes halogenated alkanes) is 3. The van der Waals surface area contributed by atoms with E-state index in [9.17, 15) is 14.9 Å². The maximum atomic E-state index is 12.2. The summed E-state index contributed by atoms with van der Waals surface area (Å²) in [5, 5.41) is 15.1. The molecule has 0 aliphatic rings. The summed E-state index contributed by atoms with van der Waals surface area (Å²) in [4.78, 5) is 22.5. The second-order valence-corrected chi connectivity index (χ2v) is 7.09. The van der Waals surface area contributed by atoms with E-state index in [2.05, 4.69) is 17.5 Å². The van der Waals surface area contributed by atoms with Crippen molar-refractivity contribution < 1.29 is 19.2 Å². The summed E-state index contributed by atoms with van der Waals surface area (Å²) in [6.45, 7) is 5.00. The van der Waals surface area contributed by atoms with Gasteiger partial charge in [0.25, 0.3) is 11.6 Å². The molecule has 0 bridgehead atoms. The molecule has 31 heavy (non-hydrogen) atoms. The van der Waals surface area contributed by atoms with Crippen LogP contribution in [0, 0.1) is 10.1 Å². The van der Waals surface area contributed by atoms with Gasteiger partial charge in [-0.3, -0.25) is 14.9 Å². The summed E-state index contributed by atoms with van der Waals surface area (Å²) in [6.07, 6.45) is 5.74. The number of carbonyl (C=O) groups excluding carboxylic acids is 1. The van der Waals surface area contributed by atoms with Gasteiger partial charge in [0.2, 0.25) is 0 Å². The molecule has 0 atom stereocenters. The van der Waals surface area contributed by atoms with Crippen molar-refractivity contribution in [3.8, 4) is 11.5 Å². The number of ether oxygens (including phenoxy) is 2. The van der Waals surface area contributed by atoms with Crippen molar-refractivity contribution in [2.75, 3.05) is 13.2 Å². The normalized spacial score (nSPS) is 10.8. The average Bonchev–Trinajstić information content (AvgIpc) is 2.75. The van der Waals surface area contributed by atoms with Crippen LogP contribution in [0.2, 0.25) is 5.02 Å². The van der Waals surface area contributed by atoms with E-state index in [1.54, 1.807) is 12.1 Å². The fourth-order valence-corrected chi connectivity index (χ4v) is 3.03. The van der Waals surface area contributed by atoms with Gasteiger partial charge in [-0.15, -0.1) is 0 Å². The molecular weight excluding hydrogens is 422 g/mol. The molecule has 166 valence electrons. The number of halogens is 1. The van der Waals surface area contributed by atoms with E-state index in [1.165, 1.54) is 30.5 Å². The second kappa shape index (κ2) is 12.5. The maximum Gasteiger partial charge on any atom is 0.271 e. The van der Waals surface area contributed by atoms with Gasteiger partial charge in [0.15, 0.2) is 11.5 Å². The first-order chi connectivity index (χ1) is 15.0. The van der Waals surface area contributed by atoms with Crippen LogP contribution in [0.15, 0.2) is 41.5 Å². The van der Waals surface area contributed by atoms with Gasteiger partial charge in [0.05, 0.1) is 29.4 Å². The molecule has 1 N–H and O–H groups in total. The summed E-state index contributed by atoms with van der Waals surface area (Å²) in [5.74, 6) is 0.415. The zero-order chi connectivity index (χ0) is 22.6. The zero-order valence-corrected chi connectivity index (χ0v) is 18.4. The third kappa shape index (κ3) is 7.57. The number of nitro benzene ring substituents is 1. The van der Waals surface area contributed by atoms with Crippen molar-refractivity contribution in [3.63, 3.8) is 0 Å². The number of nitrogens with one attached hydrogen (secondary N) is 1. The molecule has 0 aliphatic carbocycles. The monoisotopic (exact) mass is 447 g/mol. The van der Waals surface area contributed by atoms with Crippen molar-refractivity contribution >= 4 is 29.4 Å². The average molecular weight is 448 g/mol. The van der Waals surface area contributed by atoms with E-state index in [4.69, 9.17) is 21.1 Å². The Labute approximate surface area is 186 Å². The van der Waals surface area contributed by atoms with E-state index in [-0.39, 0.29) is 11.3 Å². The highest BCUT2D eigenvalue weighted by atomic mass is 35.5. The van der Waals surface area contributed by atoms with Crippen LogP contribution in [0.3, 0.4) is 0 Å². The molecule has 0 unspecified atom stereocenters. The lowest BCUT2D eigenvalue weighted by atomic mass is 10.2. The highest BCUT2D eigenvalue weighted by Crippen LogP contribution is 2.36. The van der Waals surface area contributed by atoms with Crippen molar-refractivity contribution in [1.82, 2.24) is 5.43 Å². The zero-order valence-electron chi connectivity index (χ0n) is 17.6.